The molecule has 0 aromatic carbocycles. The van der Waals surface area contributed by atoms with Gasteiger partial charge in [-0.1, -0.05) is 20.3 Å². The summed E-state index contributed by atoms with van der Waals surface area (Å²) in [4.78, 5) is 2.50. The topological polar surface area (TPSA) is 38.5 Å². The molecule has 1 saturated heterocycles. The molecule has 1 rings (SSSR count). The van der Waals surface area contributed by atoms with E-state index in [4.69, 9.17) is 10.5 Å². The minimum Gasteiger partial charge on any atom is -0.378 e. The fourth-order valence-electron chi connectivity index (χ4n) is 2.90. The van der Waals surface area contributed by atoms with Crippen LogP contribution in [-0.2, 0) is 4.74 Å². The third-order valence-corrected chi connectivity index (χ3v) is 4.52. The van der Waals surface area contributed by atoms with Crippen molar-refractivity contribution < 1.29 is 4.74 Å². The zero-order valence-electron chi connectivity index (χ0n) is 12.0. The summed E-state index contributed by atoms with van der Waals surface area (Å²) in [6.45, 7) is 8.37. The Balaban J connectivity index is 2.72. The average molecular weight is 242 g/mol. The summed E-state index contributed by atoms with van der Waals surface area (Å²) in [7, 11) is 2.23. The highest BCUT2D eigenvalue weighted by Gasteiger charge is 2.40. The van der Waals surface area contributed by atoms with Crippen LogP contribution in [0.2, 0.25) is 0 Å². The van der Waals surface area contributed by atoms with Gasteiger partial charge in [-0.3, -0.25) is 4.90 Å². The normalized spacial score (nSPS) is 31.8. The molecule has 1 aliphatic rings. The lowest BCUT2D eigenvalue weighted by Gasteiger charge is -2.48. The summed E-state index contributed by atoms with van der Waals surface area (Å²) in [5.74, 6) is 0. The minimum absolute atomic E-state index is 0.160. The minimum atomic E-state index is 0.160. The Morgan fingerprint density at radius 3 is 2.71 bits per heavy atom. The van der Waals surface area contributed by atoms with E-state index in [1.807, 2.05) is 0 Å². The molecule has 17 heavy (non-hydrogen) atoms. The molecule has 0 spiro atoms. The van der Waals surface area contributed by atoms with Gasteiger partial charge < -0.3 is 10.5 Å². The number of likely N-dealkylation sites (N-methyl/N-ethyl adjacent to an activating group) is 1. The first-order chi connectivity index (χ1) is 8.09. The molecule has 0 bridgehead atoms. The van der Waals surface area contributed by atoms with Crippen LogP contribution in [0.4, 0.5) is 0 Å². The molecule has 2 N–H and O–H groups in total. The first kappa shape index (κ1) is 14.9. The fraction of sp³-hybridized carbons (Fsp3) is 1.00. The number of hydrogen-bond donors (Lipinski definition) is 1. The molecule has 1 fully saturated rings. The summed E-state index contributed by atoms with van der Waals surface area (Å²) in [5, 5.41) is 0. The van der Waals surface area contributed by atoms with Gasteiger partial charge in [-0.15, -0.1) is 0 Å². The average Bonchev–Trinajstić information content (AvgIpc) is 2.37. The number of rotatable bonds is 6. The van der Waals surface area contributed by atoms with Crippen LogP contribution >= 0.6 is 0 Å². The van der Waals surface area contributed by atoms with Gasteiger partial charge in [0.1, 0.15) is 0 Å². The van der Waals surface area contributed by atoms with Crippen molar-refractivity contribution in [1.82, 2.24) is 4.90 Å². The molecule has 0 amide bonds. The Kier molecular flexibility index (Phi) is 5.90. The van der Waals surface area contributed by atoms with E-state index < -0.39 is 0 Å². The molecule has 0 radical (unpaired) electrons. The predicted octanol–water partition coefficient (Wildman–Crippen LogP) is 2.39. The van der Waals surface area contributed by atoms with Crippen LogP contribution in [0.3, 0.4) is 0 Å². The van der Waals surface area contributed by atoms with Gasteiger partial charge in [-0.2, -0.15) is 0 Å². The summed E-state index contributed by atoms with van der Waals surface area (Å²) < 4.78 is 5.86. The van der Waals surface area contributed by atoms with Crippen molar-refractivity contribution in [1.29, 1.82) is 0 Å². The molecule has 3 heteroatoms. The summed E-state index contributed by atoms with van der Waals surface area (Å²) in [6.07, 6.45) is 6.11. The van der Waals surface area contributed by atoms with Crippen LogP contribution in [0, 0.1) is 0 Å². The van der Waals surface area contributed by atoms with Gasteiger partial charge in [0.25, 0.3) is 0 Å². The highest BCUT2D eigenvalue weighted by atomic mass is 16.5. The zero-order valence-corrected chi connectivity index (χ0v) is 12.0. The van der Waals surface area contributed by atoms with Crippen molar-refractivity contribution in [3.05, 3.63) is 0 Å². The smallest absolute Gasteiger partial charge is 0.0593 e. The van der Waals surface area contributed by atoms with E-state index in [0.29, 0.717) is 12.1 Å². The summed E-state index contributed by atoms with van der Waals surface area (Å²) in [5.41, 5.74) is 6.25. The van der Waals surface area contributed by atoms with Crippen LogP contribution < -0.4 is 5.73 Å². The second-order valence-corrected chi connectivity index (χ2v) is 5.53. The van der Waals surface area contributed by atoms with Gasteiger partial charge in [0, 0.05) is 24.7 Å². The quantitative estimate of drug-likeness (QED) is 0.777. The lowest BCUT2D eigenvalue weighted by atomic mass is 9.83. The van der Waals surface area contributed by atoms with Crippen molar-refractivity contribution >= 4 is 0 Å². The van der Waals surface area contributed by atoms with E-state index in [2.05, 4.69) is 32.7 Å². The zero-order chi connectivity index (χ0) is 12.9. The predicted molar refractivity (Wildman–Crippen MR) is 73.2 cm³/mol. The number of hydrogen-bond acceptors (Lipinski definition) is 3. The van der Waals surface area contributed by atoms with Crippen molar-refractivity contribution in [3.63, 3.8) is 0 Å². The second kappa shape index (κ2) is 6.72. The van der Waals surface area contributed by atoms with Crippen LogP contribution in [0.1, 0.15) is 52.9 Å². The number of nitrogens with zero attached hydrogens (tertiary/aromatic N) is 1. The monoisotopic (exact) mass is 242 g/mol. The maximum atomic E-state index is 6.09. The maximum Gasteiger partial charge on any atom is 0.0593 e. The third-order valence-electron chi connectivity index (χ3n) is 4.52. The van der Waals surface area contributed by atoms with E-state index in [0.717, 1.165) is 32.4 Å². The number of ether oxygens (including phenoxy) is 1. The van der Waals surface area contributed by atoms with E-state index in [1.165, 1.54) is 12.8 Å². The summed E-state index contributed by atoms with van der Waals surface area (Å²) in [6, 6.07) is 0.596. The Morgan fingerprint density at radius 1 is 1.47 bits per heavy atom. The van der Waals surface area contributed by atoms with E-state index in [9.17, 15) is 0 Å². The Labute approximate surface area is 107 Å². The first-order valence-electron chi connectivity index (χ1n) is 7.14. The Hall–Kier alpha value is -0.120. The van der Waals surface area contributed by atoms with Gasteiger partial charge in [0.05, 0.1) is 6.10 Å². The molecule has 0 saturated carbocycles. The molecule has 0 aliphatic carbocycles. The van der Waals surface area contributed by atoms with Gasteiger partial charge in [-0.25, -0.2) is 0 Å². The highest BCUT2D eigenvalue weighted by Crippen LogP contribution is 2.32. The fourth-order valence-corrected chi connectivity index (χ4v) is 2.90. The molecule has 0 aromatic rings. The van der Waals surface area contributed by atoms with Crippen LogP contribution in [0.5, 0.6) is 0 Å². The van der Waals surface area contributed by atoms with Crippen LogP contribution in [0.15, 0.2) is 0 Å². The molecular weight excluding hydrogens is 212 g/mol. The maximum absolute atomic E-state index is 6.09. The molecule has 1 heterocycles. The van der Waals surface area contributed by atoms with Gasteiger partial charge >= 0.3 is 0 Å². The van der Waals surface area contributed by atoms with Crippen molar-refractivity contribution in [3.8, 4) is 0 Å². The van der Waals surface area contributed by atoms with Crippen molar-refractivity contribution in [2.75, 3.05) is 20.2 Å². The molecule has 3 atom stereocenters. The van der Waals surface area contributed by atoms with E-state index in [1.54, 1.807) is 0 Å². The van der Waals surface area contributed by atoms with Crippen LogP contribution in [0.25, 0.3) is 0 Å². The molecule has 102 valence electrons. The molecule has 0 aromatic heterocycles. The number of nitrogens with two attached hydrogens (primary N) is 1. The largest absolute Gasteiger partial charge is 0.378 e. The Morgan fingerprint density at radius 2 is 2.18 bits per heavy atom. The van der Waals surface area contributed by atoms with E-state index in [-0.39, 0.29) is 5.54 Å². The molecular formula is C14H30N2O. The second-order valence-electron chi connectivity index (χ2n) is 5.53. The van der Waals surface area contributed by atoms with Gasteiger partial charge in [-0.05, 0) is 39.7 Å². The SMILES string of the molecule is CCCC1CC(CN)(N(C)C(C)CC)CCO1. The van der Waals surface area contributed by atoms with Crippen LogP contribution in [-0.4, -0.2) is 42.8 Å². The Bertz CT molecular complexity index is 220. The molecule has 3 nitrogen and oxygen atoms in total. The molecule has 1 aliphatic heterocycles. The van der Waals surface area contributed by atoms with Crippen molar-refractivity contribution in [2.45, 2.75) is 70.6 Å². The van der Waals surface area contributed by atoms with Crippen molar-refractivity contribution in [2.24, 2.45) is 5.73 Å². The highest BCUT2D eigenvalue weighted by molar-refractivity contribution is 4.96. The van der Waals surface area contributed by atoms with E-state index >= 15 is 0 Å². The van der Waals surface area contributed by atoms with Gasteiger partial charge in [0.2, 0.25) is 0 Å². The lowest BCUT2D eigenvalue weighted by Crippen LogP contribution is -2.59. The standard InChI is InChI=1S/C14H30N2O/c1-5-7-13-10-14(11-15,8-9-17-13)16(4)12(3)6-2/h12-13H,5-11,15H2,1-4H3. The third kappa shape index (κ3) is 3.43. The van der Waals surface area contributed by atoms with Gasteiger partial charge in [0.15, 0.2) is 0 Å². The first-order valence-corrected chi connectivity index (χ1v) is 7.14. The summed E-state index contributed by atoms with van der Waals surface area (Å²) >= 11 is 0. The molecule has 3 unspecified atom stereocenters. The lowest BCUT2D eigenvalue weighted by molar-refractivity contribution is -0.0762.